The molecule has 1 rings (SSSR count). The lowest BCUT2D eigenvalue weighted by atomic mass is 10.0. The Labute approximate surface area is 98.1 Å². The lowest BCUT2D eigenvalue weighted by molar-refractivity contribution is 0.615. The molecule has 0 saturated carbocycles. The van der Waals surface area contributed by atoms with Crippen molar-refractivity contribution in [3.63, 3.8) is 0 Å². The Morgan fingerprint density at radius 2 is 1.94 bits per heavy atom. The van der Waals surface area contributed by atoms with Crippen LogP contribution in [0, 0.1) is 5.82 Å². The topological polar surface area (TPSA) is 12.0 Å². The highest BCUT2D eigenvalue weighted by Gasteiger charge is 2.03. The van der Waals surface area contributed by atoms with Crippen LogP contribution in [0.25, 0.3) is 0 Å². The minimum atomic E-state index is -0.131. The number of halogens is 1. The van der Waals surface area contributed by atoms with Gasteiger partial charge in [0.15, 0.2) is 0 Å². The Hall–Kier alpha value is -0.890. The third-order valence-electron chi connectivity index (χ3n) is 2.71. The molecular weight excluding hydrogens is 201 g/mol. The van der Waals surface area contributed by atoms with Crippen molar-refractivity contribution in [1.29, 1.82) is 0 Å². The van der Waals surface area contributed by atoms with Gasteiger partial charge in [-0.2, -0.15) is 0 Å². The third kappa shape index (κ3) is 4.31. The first-order chi connectivity index (χ1) is 7.77. The summed E-state index contributed by atoms with van der Waals surface area (Å²) < 4.78 is 13.2. The van der Waals surface area contributed by atoms with Crippen LogP contribution in [0.5, 0.6) is 0 Å². The molecule has 0 spiro atoms. The number of nitrogens with one attached hydrogen (secondary N) is 1. The normalized spacial score (nSPS) is 10.7. The van der Waals surface area contributed by atoms with Crippen molar-refractivity contribution < 1.29 is 4.39 Å². The summed E-state index contributed by atoms with van der Waals surface area (Å²) in [4.78, 5) is 0. The minimum absolute atomic E-state index is 0.131. The molecule has 0 aliphatic rings. The molecule has 0 saturated heterocycles. The summed E-state index contributed by atoms with van der Waals surface area (Å²) in [5.41, 5.74) is 2.40. The average Bonchev–Trinajstić information content (AvgIpc) is 2.28. The van der Waals surface area contributed by atoms with Crippen LogP contribution < -0.4 is 5.32 Å². The van der Waals surface area contributed by atoms with Crippen molar-refractivity contribution in [2.45, 2.75) is 46.1 Å². The number of benzene rings is 1. The van der Waals surface area contributed by atoms with Gasteiger partial charge in [0.05, 0.1) is 0 Å². The lowest BCUT2D eigenvalue weighted by Crippen LogP contribution is -2.15. The van der Waals surface area contributed by atoms with Gasteiger partial charge < -0.3 is 5.32 Å². The van der Waals surface area contributed by atoms with E-state index in [1.807, 2.05) is 6.07 Å². The smallest absolute Gasteiger partial charge is 0.123 e. The van der Waals surface area contributed by atoms with Gasteiger partial charge in [-0.05, 0) is 49.1 Å². The minimum Gasteiger partial charge on any atom is -0.313 e. The number of hydrogen-bond donors (Lipinski definition) is 1. The first kappa shape index (κ1) is 13.2. The van der Waals surface area contributed by atoms with E-state index in [4.69, 9.17) is 0 Å². The van der Waals surface area contributed by atoms with Gasteiger partial charge in [-0.3, -0.25) is 0 Å². The summed E-state index contributed by atoms with van der Waals surface area (Å²) in [5, 5.41) is 3.33. The van der Waals surface area contributed by atoms with Gasteiger partial charge in [-0.1, -0.05) is 26.3 Å². The molecule has 0 heterocycles. The zero-order valence-electron chi connectivity index (χ0n) is 10.4. The van der Waals surface area contributed by atoms with Crippen molar-refractivity contribution in [2.24, 2.45) is 0 Å². The van der Waals surface area contributed by atoms with Gasteiger partial charge >= 0.3 is 0 Å². The SMILES string of the molecule is CCCCc1ccc(F)cc1CNCCC. The quantitative estimate of drug-likeness (QED) is 0.695. The molecule has 0 fully saturated rings. The maximum absolute atomic E-state index is 13.2. The van der Waals surface area contributed by atoms with E-state index in [1.54, 1.807) is 12.1 Å². The molecule has 90 valence electrons. The Kier molecular flexibility index (Phi) is 6.09. The van der Waals surface area contributed by atoms with Crippen LogP contribution in [0.15, 0.2) is 18.2 Å². The second-order valence-corrected chi connectivity index (χ2v) is 4.19. The Balaban J connectivity index is 2.65. The standard InChI is InChI=1S/C14H22FN/c1-3-5-6-12-7-8-14(15)10-13(12)11-16-9-4-2/h7-8,10,16H,3-6,9,11H2,1-2H3. The van der Waals surface area contributed by atoms with E-state index >= 15 is 0 Å². The highest BCUT2D eigenvalue weighted by Crippen LogP contribution is 2.14. The Bertz CT molecular complexity index is 310. The second kappa shape index (κ2) is 7.39. The molecule has 0 unspecified atom stereocenters. The van der Waals surface area contributed by atoms with Crippen molar-refractivity contribution >= 4 is 0 Å². The molecule has 0 aliphatic carbocycles. The molecular formula is C14H22FN. The molecule has 0 aliphatic heterocycles. The molecule has 0 radical (unpaired) electrons. The van der Waals surface area contributed by atoms with Crippen LogP contribution in [0.2, 0.25) is 0 Å². The molecule has 0 atom stereocenters. The van der Waals surface area contributed by atoms with Crippen molar-refractivity contribution in [1.82, 2.24) is 5.32 Å². The summed E-state index contributed by atoms with van der Waals surface area (Å²) in [5.74, 6) is -0.131. The maximum atomic E-state index is 13.2. The molecule has 1 nitrogen and oxygen atoms in total. The maximum Gasteiger partial charge on any atom is 0.123 e. The summed E-state index contributed by atoms with van der Waals surface area (Å²) in [6.45, 7) is 6.09. The van der Waals surface area contributed by atoms with Crippen LogP contribution in [0.4, 0.5) is 4.39 Å². The fraction of sp³-hybridized carbons (Fsp3) is 0.571. The van der Waals surface area contributed by atoms with E-state index in [0.717, 1.165) is 31.5 Å². The fourth-order valence-electron chi connectivity index (χ4n) is 1.77. The molecule has 0 bridgehead atoms. The van der Waals surface area contributed by atoms with Crippen LogP contribution in [-0.4, -0.2) is 6.54 Å². The predicted molar refractivity (Wildman–Crippen MR) is 67.0 cm³/mol. The van der Waals surface area contributed by atoms with Crippen molar-refractivity contribution in [3.8, 4) is 0 Å². The fourth-order valence-corrected chi connectivity index (χ4v) is 1.77. The highest BCUT2D eigenvalue weighted by atomic mass is 19.1. The summed E-state index contributed by atoms with van der Waals surface area (Å²) in [6, 6.07) is 5.15. The second-order valence-electron chi connectivity index (χ2n) is 4.19. The van der Waals surface area contributed by atoms with Gasteiger partial charge in [-0.25, -0.2) is 4.39 Å². The molecule has 1 aromatic rings. The van der Waals surface area contributed by atoms with Gasteiger partial charge in [-0.15, -0.1) is 0 Å². The van der Waals surface area contributed by atoms with Crippen LogP contribution in [0.3, 0.4) is 0 Å². The van der Waals surface area contributed by atoms with Crippen LogP contribution in [0.1, 0.15) is 44.2 Å². The van der Waals surface area contributed by atoms with E-state index in [2.05, 4.69) is 19.2 Å². The van der Waals surface area contributed by atoms with E-state index in [9.17, 15) is 4.39 Å². The van der Waals surface area contributed by atoms with E-state index < -0.39 is 0 Å². The largest absolute Gasteiger partial charge is 0.313 e. The average molecular weight is 223 g/mol. The lowest BCUT2D eigenvalue weighted by Gasteiger charge is -2.10. The predicted octanol–water partition coefficient (Wildman–Crippen LogP) is 3.67. The van der Waals surface area contributed by atoms with Crippen LogP contribution >= 0.6 is 0 Å². The number of aryl methyl sites for hydroxylation is 1. The van der Waals surface area contributed by atoms with Gasteiger partial charge in [0.25, 0.3) is 0 Å². The summed E-state index contributed by atoms with van der Waals surface area (Å²) in [7, 11) is 0. The highest BCUT2D eigenvalue weighted by molar-refractivity contribution is 5.28. The third-order valence-corrected chi connectivity index (χ3v) is 2.71. The first-order valence-corrected chi connectivity index (χ1v) is 6.26. The molecule has 1 N–H and O–H groups in total. The van der Waals surface area contributed by atoms with E-state index in [1.165, 1.54) is 18.4 Å². The van der Waals surface area contributed by atoms with E-state index in [0.29, 0.717) is 0 Å². The molecule has 1 aromatic carbocycles. The molecule has 16 heavy (non-hydrogen) atoms. The zero-order chi connectivity index (χ0) is 11.8. The Morgan fingerprint density at radius 1 is 1.12 bits per heavy atom. The van der Waals surface area contributed by atoms with Gasteiger partial charge in [0.1, 0.15) is 5.82 Å². The summed E-state index contributed by atoms with van der Waals surface area (Å²) >= 11 is 0. The monoisotopic (exact) mass is 223 g/mol. The zero-order valence-corrected chi connectivity index (χ0v) is 10.4. The number of rotatable bonds is 7. The van der Waals surface area contributed by atoms with Crippen LogP contribution in [-0.2, 0) is 13.0 Å². The van der Waals surface area contributed by atoms with E-state index in [-0.39, 0.29) is 5.82 Å². The molecule has 2 heteroatoms. The number of hydrogen-bond acceptors (Lipinski definition) is 1. The van der Waals surface area contributed by atoms with Crippen molar-refractivity contribution in [2.75, 3.05) is 6.54 Å². The van der Waals surface area contributed by atoms with Crippen molar-refractivity contribution in [3.05, 3.63) is 35.1 Å². The van der Waals surface area contributed by atoms with Gasteiger partial charge in [0.2, 0.25) is 0 Å². The number of unbranched alkanes of at least 4 members (excludes halogenated alkanes) is 1. The molecule has 0 amide bonds. The molecule has 0 aromatic heterocycles. The first-order valence-electron chi connectivity index (χ1n) is 6.26. The van der Waals surface area contributed by atoms with Gasteiger partial charge in [0, 0.05) is 6.54 Å². The summed E-state index contributed by atoms with van der Waals surface area (Å²) in [6.07, 6.45) is 4.52. The Morgan fingerprint density at radius 3 is 2.62 bits per heavy atom.